The highest BCUT2D eigenvalue weighted by Crippen LogP contribution is 2.23. The van der Waals surface area contributed by atoms with Crippen LogP contribution in [-0.4, -0.2) is 0 Å². The van der Waals surface area contributed by atoms with Gasteiger partial charge in [0.2, 0.25) is 0 Å². The summed E-state index contributed by atoms with van der Waals surface area (Å²) in [7, 11) is 0. The normalized spacial score (nSPS) is 12.5. The molecule has 0 aliphatic carbocycles. The summed E-state index contributed by atoms with van der Waals surface area (Å²) in [6.45, 7) is 10.7. The molecule has 0 spiro atoms. The average Bonchev–Trinajstić information content (AvgIpc) is 2.26. The molecule has 0 aliphatic heterocycles. The minimum Gasteiger partial charge on any atom is -0.103 e. The summed E-state index contributed by atoms with van der Waals surface area (Å²) in [5.74, 6) is 0. The quantitative estimate of drug-likeness (QED) is 0.429. The molecule has 0 heterocycles. The Morgan fingerprint density at radius 2 is 1.47 bits per heavy atom. The lowest BCUT2D eigenvalue weighted by Gasteiger charge is -2.12. The zero-order valence-corrected chi connectivity index (χ0v) is 10.9. The molecule has 0 radical (unpaired) electrons. The maximum atomic E-state index is 3.87. The first-order chi connectivity index (χ1) is 7.29. The number of allylic oxidation sites excluding steroid dienone is 3. The van der Waals surface area contributed by atoms with Crippen LogP contribution in [0.15, 0.2) is 23.8 Å². The Labute approximate surface area is 96.5 Å². The van der Waals surface area contributed by atoms with E-state index in [2.05, 4.69) is 33.4 Å². The van der Waals surface area contributed by atoms with Crippen LogP contribution >= 0.6 is 0 Å². The average molecular weight is 208 g/mol. The molecule has 0 aromatic rings. The van der Waals surface area contributed by atoms with Crippen molar-refractivity contribution >= 4 is 0 Å². The van der Waals surface area contributed by atoms with E-state index in [1.807, 2.05) is 0 Å². The van der Waals surface area contributed by atoms with Crippen LogP contribution in [0.2, 0.25) is 0 Å². The molecule has 0 atom stereocenters. The molecular formula is C15H28. The van der Waals surface area contributed by atoms with Gasteiger partial charge >= 0.3 is 0 Å². The van der Waals surface area contributed by atoms with Crippen LogP contribution in [0.4, 0.5) is 0 Å². The fraction of sp³-hybridized carbons (Fsp3) is 0.733. The molecule has 0 bridgehead atoms. The molecule has 0 saturated carbocycles. The molecular weight excluding hydrogens is 180 g/mol. The maximum absolute atomic E-state index is 3.87. The van der Waals surface area contributed by atoms with Gasteiger partial charge in [0, 0.05) is 0 Å². The topological polar surface area (TPSA) is 0 Å². The van der Waals surface area contributed by atoms with E-state index in [0.717, 1.165) is 6.42 Å². The first-order valence-electron chi connectivity index (χ1n) is 6.60. The monoisotopic (exact) mass is 208 g/mol. The predicted molar refractivity (Wildman–Crippen MR) is 71.2 cm³/mol. The molecule has 0 fully saturated rings. The van der Waals surface area contributed by atoms with Gasteiger partial charge in [0.1, 0.15) is 0 Å². The van der Waals surface area contributed by atoms with Crippen LogP contribution in [0, 0.1) is 0 Å². The fourth-order valence-corrected chi connectivity index (χ4v) is 1.98. The standard InChI is InChI=1S/C15H28/c1-5-9-12-14(8-4)15(11-7-3)13-10-6-2/h7H,3,5-6,8-13H2,1-2,4H3/b15-14+. The van der Waals surface area contributed by atoms with Crippen molar-refractivity contribution in [3.05, 3.63) is 23.8 Å². The first kappa shape index (κ1) is 14.5. The molecule has 15 heavy (non-hydrogen) atoms. The summed E-state index contributed by atoms with van der Waals surface area (Å²) < 4.78 is 0. The van der Waals surface area contributed by atoms with Gasteiger partial charge in [-0.1, -0.05) is 50.8 Å². The first-order valence-corrected chi connectivity index (χ1v) is 6.60. The van der Waals surface area contributed by atoms with E-state index in [4.69, 9.17) is 0 Å². The number of rotatable bonds is 9. The van der Waals surface area contributed by atoms with Crippen LogP contribution in [0.1, 0.15) is 72.1 Å². The second-order valence-corrected chi connectivity index (χ2v) is 4.26. The van der Waals surface area contributed by atoms with Crippen molar-refractivity contribution in [2.75, 3.05) is 0 Å². The second kappa shape index (κ2) is 10.0. The number of unbranched alkanes of at least 4 members (excludes halogenated alkanes) is 2. The van der Waals surface area contributed by atoms with Crippen molar-refractivity contribution in [2.45, 2.75) is 72.1 Å². The number of hydrogen-bond donors (Lipinski definition) is 0. The van der Waals surface area contributed by atoms with E-state index in [0.29, 0.717) is 0 Å². The number of hydrogen-bond acceptors (Lipinski definition) is 0. The molecule has 0 heteroatoms. The highest BCUT2D eigenvalue weighted by Gasteiger charge is 2.03. The van der Waals surface area contributed by atoms with E-state index in [1.54, 1.807) is 11.1 Å². The minimum atomic E-state index is 1.10. The molecule has 0 saturated heterocycles. The molecule has 0 rings (SSSR count). The Balaban J connectivity index is 4.41. The van der Waals surface area contributed by atoms with Crippen molar-refractivity contribution in [2.24, 2.45) is 0 Å². The van der Waals surface area contributed by atoms with Crippen LogP contribution in [0.3, 0.4) is 0 Å². The SMILES string of the molecule is C=CC/C(CCCC)=C(/CC)CCCC. The van der Waals surface area contributed by atoms with E-state index in [-0.39, 0.29) is 0 Å². The summed E-state index contributed by atoms with van der Waals surface area (Å²) in [6, 6.07) is 0. The molecule has 88 valence electrons. The lowest BCUT2D eigenvalue weighted by molar-refractivity contribution is 0.718. The van der Waals surface area contributed by atoms with Crippen LogP contribution < -0.4 is 0 Å². The van der Waals surface area contributed by atoms with Crippen molar-refractivity contribution in [1.82, 2.24) is 0 Å². The van der Waals surface area contributed by atoms with E-state index < -0.39 is 0 Å². The Kier molecular flexibility index (Phi) is 9.67. The highest BCUT2D eigenvalue weighted by atomic mass is 14.1. The minimum absolute atomic E-state index is 1.10. The lowest BCUT2D eigenvalue weighted by atomic mass is 9.94. The zero-order chi connectivity index (χ0) is 11.5. The highest BCUT2D eigenvalue weighted by molar-refractivity contribution is 5.16. The largest absolute Gasteiger partial charge is 0.103 e. The maximum Gasteiger partial charge on any atom is -0.0139 e. The Morgan fingerprint density at radius 3 is 1.87 bits per heavy atom. The van der Waals surface area contributed by atoms with Gasteiger partial charge in [-0.3, -0.25) is 0 Å². The van der Waals surface area contributed by atoms with E-state index in [1.165, 1.54) is 44.9 Å². The van der Waals surface area contributed by atoms with Gasteiger partial charge in [-0.05, 0) is 38.5 Å². The van der Waals surface area contributed by atoms with Crippen molar-refractivity contribution in [3.63, 3.8) is 0 Å². The predicted octanol–water partition coefficient (Wildman–Crippen LogP) is 5.65. The summed E-state index contributed by atoms with van der Waals surface area (Å²) in [4.78, 5) is 0. The van der Waals surface area contributed by atoms with Crippen LogP contribution in [0.25, 0.3) is 0 Å². The van der Waals surface area contributed by atoms with Gasteiger partial charge in [0.15, 0.2) is 0 Å². The van der Waals surface area contributed by atoms with Crippen molar-refractivity contribution in [3.8, 4) is 0 Å². The Hall–Kier alpha value is -0.520. The van der Waals surface area contributed by atoms with Gasteiger partial charge in [-0.2, -0.15) is 0 Å². The molecule has 0 N–H and O–H groups in total. The van der Waals surface area contributed by atoms with Crippen LogP contribution in [0.5, 0.6) is 0 Å². The third kappa shape index (κ3) is 6.54. The molecule has 0 aromatic carbocycles. The van der Waals surface area contributed by atoms with Gasteiger partial charge < -0.3 is 0 Å². The fourth-order valence-electron chi connectivity index (χ4n) is 1.98. The van der Waals surface area contributed by atoms with Gasteiger partial charge in [0.05, 0.1) is 0 Å². The van der Waals surface area contributed by atoms with E-state index in [9.17, 15) is 0 Å². The summed E-state index contributed by atoms with van der Waals surface area (Å²) in [5, 5.41) is 0. The smallest absolute Gasteiger partial charge is 0.0139 e. The molecule has 0 aliphatic rings. The third-order valence-electron chi connectivity index (χ3n) is 2.98. The van der Waals surface area contributed by atoms with Crippen molar-refractivity contribution in [1.29, 1.82) is 0 Å². The van der Waals surface area contributed by atoms with Gasteiger partial charge in [-0.25, -0.2) is 0 Å². The van der Waals surface area contributed by atoms with Gasteiger partial charge in [0.25, 0.3) is 0 Å². The lowest BCUT2D eigenvalue weighted by Crippen LogP contribution is -1.92. The molecule has 0 aromatic heterocycles. The Morgan fingerprint density at radius 1 is 0.933 bits per heavy atom. The van der Waals surface area contributed by atoms with Crippen molar-refractivity contribution < 1.29 is 0 Å². The molecule has 0 unspecified atom stereocenters. The second-order valence-electron chi connectivity index (χ2n) is 4.26. The molecule has 0 amide bonds. The Bertz CT molecular complexity index is 186. The van der Waals surface area contributed by atoms with Gasteiger partial charge in [-0.15, -0.1) is 6.58 Å². The summed E-state index contributed by atoms with van der Waals surface area (Å²) >= 11 is 0. The molecule has 0 nitrogen and oxygen atoms in total. The van der Waals surface area contributed by atoms with E-state index >= 15 is 0 Å². The van der Waals surface area contributed by atoms with Crippen LogP contribution in [-0.2, 0) is 0 Å². The summed E-state index contributed by atoms with van der Waals surface area (Å²) in [5.41, 5.74) is 3.37. The summed E-state index contributed by atoms with van der Waals surface area (Å²) in [6.07, 6.45) is 12.3. The zero-order valence-electron chi connectivity index (χ0n) is 10.9. The third-order valence-corrected chi connectivity index (χ3v) is 2.98.